The predicted molar refractivity (Wildman–Crippen MR) is 105 cm³/mol. The van der Waals surface area contributed by atoms with Gasteiger partial charge in [0.05, 0.1) is 18.9 Å². The van der Waals surface area contributed by atoms with E-state index in [1.54, 1.807) is 4.57 Å². The molecule has 27 heavy (non-hydrogen) atoms. The second-order valence-electron chi connectivity index (χ2n) is 5.71. The van der Waals surface area contributed by atoms with Crippen LogP contribution in [0.2, 0.25) is 0 Å². The number of carbonyl (C=O) groups is 1. The Hall–Kier alpha value is -2.42. The Morgan fingerprint density at radius 2 is 1.93 bits per heavy atom. The van der Waals surface area contributed by atoms with Crippen LogP contribution in [0.3, 0.4) is 0 Å². The van der Waals surface area contributed by atoms with E-state index >= 15 is 0 Å². The van der Waals surface area contributed by atoms with E-state index in [-0.39, 0.29) is 17.3 Å². The number of thioether (sulfide) groups is 1. The van der Waals surface area contributed by atoms with Crippen molar-refractivity contribution in [3.63, 3.8) is 0 Å². The molecule has 2 N–H and O–H groups in total. The highest BCUT2D eigenvalue weighted by atomic mass is 32.2. The minimum Gasteiger partial charge on any atom is -0.494 e. The highest BCUT2D eigenvalue weighted by molar-refractivity contribution is 7.99. The Kier molecular flexibility index (Phi) is 8.76. The van der Waals surface area contributed by atoms with E-state index in [9.17, 15) is 9.59 Å². The van der Waals surface area contributed by atoms with Crippen LogP contribution in [0.5, 0.6) is 11.5 Å². The summed E-state index contributed by atoms with van der Waals surface area (Å²) in [7, 11) is 0. The first-order chi connectivity index (χ1) is 13.1. The molecule has 0 aliphatic heterocycles. The van der Waals surface area contributed by atoms with Crippen LogP contribution in [0, 0.1) is 0 Å². The lowest BCUT2D eigenvalue weighted by Gasteiger charge is -2.09. The average Bonchev–Trinajstić information content (AvgIpc) is 3.03. The summed E-state index contributed by atoms with van der Waals surface area (Å²) in [6.45, 7) is 5.98. The van der Waals surface area contributed by atoms with Gasteiger partial charge in [-0.3, -0.25) is 9.36 Å². The molecule has 0 aliphatic rings. The largest absolute Gasteiger partial charge is 0.494 e. The van der Waals surface area contributed by atoms with Crippen LogP contribution in [0.15, 0.2) is 34.2 Å². The van der Waals surface area contributed by atoms with Gasteiger partial charge < -0.3 is 14.8 Å². The number of aromatic nitrogens is 3. The standard InChI is InChI=1S/C18H26N4O4S/c1-3-5-11-22-17(24)20-21-18(22)27-13-16(23)19-10-12-26-15-8-6-14(7-9-15)25-4-2/h6-9H,3-5,10-13H2,1-2H3,(H,19,23)(H,20,24). The Balaban J connectivity index is 1.67. The van der Waals surface area contributed by atoms with Crippen LogP contribution in [-0.2, 0) is 11.3 Å². The zero-order valence-electron chi connectivity index (χ0n) is 15.7. The third-order valence-electron chi connectivity index (χ3n) is 3.62. The van der Waals surface area contributed by atoms with Crippen molar-refractivity contribution in [3.05, 3.63) is 34.7 Å². The van der Waals surface area contributed by atoms with E-state index in [0.717, 1.165) is 24.3 Å². The van der Waals surface area contributed by atoms with Gasteiger partial charge in [-0.15, -0.1) is 5.10 Å². The number of nitrogens with zero attached hydrogens (tertiary/aromatic N) is 2. The number of aromatic amines is 1. The summed E-state index contributed by atoms with van der Waals surface area (Å²) in [6.07, 6.45) is 1.87. The number of nitrogens with one attached hydrogen (secondary N) is 2. The monoisotopic (exact) mass is 394 g/mol. The minimum atomic E-state index is -0.241. The summed E-state index contributed by atoms with van der Waals surface area (Å²) in [5.41, 5.74) is -0.241. The molecule has 0 saturated heterocycles. The lowest BCUT2D eigenvalue weighted by Crippen LogP contribution is -2.29. The third kappa shape index (κ3) is 7.01. The number of benzene rings is 1. The highest BCUT2D eigenvalue weighted by Gasteiger charge is 2.10. The van der Waals surface area contributed by atoms with Crippen molar-refractivity contribution in [1.29, 1.82) is 0 Å². The van der Waals surface area contributed by atoms with E-state index in [4.69, 9.17) is 9.47 Å². The van der Waals surface area contributed by atoms with E-state index in [0.29, 0.717) is 31.5 Å². The quantitative estimate of drug-likeness (QED) is 0.422. The molecule has 0 aliphatic carbocycles. The minimum absolute atomic E-state index is 0.132. The molecule has 0 saturated carbocycles. The van der Waals surface area contributed by atoms with Gasteiger partial charge in [0.15, 0.2) is 5.16 Å². The summed E-state index contributed by atoms with van der Waals surface area (Å²) in [4.78, 5) is 23.6. The van der Waals surface area contributed by atoms with Crippen molar-refractivity contribution in [2.45, 2.75) is 38.4 Å². The first-order valence-electron chi connectivity index (χ1n) is 9.04. The fourth-order valence-electron chi connectivity index (χ4n) is 2.27. The van der Waals surface area contributed by atoms with Gasteiger partial charge in [0.25, 0.3) is 0 Å². The number of rotatable bonds is 12. The number of ether oxygens (including phenoxy) is 2. The molecule has 0 unspecified atom stereocenters. The number of amides is 1. The van der Waals surface area contributed by atoms with Gasteiger partial charge in [-0.25, -0.2) is 9.89 Å². The molecule has 1 aromatic heterocycles. The summed E-state index contributed by atoms with van der Waals surface area (Å²) < 4.78 is 12.5. The summed E-state index contributed by atoms with van der Waals surface area (Å²) in [5, 5.41) is 9.72. The molecular weight excluding hydrogens is 368 g/mol. The fraction of sp³-hybridized carbons (Fsp3) is 0.500. The lowest BCUT2D eigenvalue weighted by molar-refractivity contribution is -0.118. The molecule has 2 rings (SSSR count). The molecule has 0 fully saturated rings. The summed E-state index contributed by atoms with van der Waals surface area (Å²) in [5.74, 6) is 1.58. The molecule has 1 heterocycles. The topological polar surface area (TPSA) is 98.2 Å². The third-order valence-corrected chi connectivity index (χ3v) is 4.59. The van der Waals surface area contributed by atoms with Crippen LogP contribution >= 0.6 is 11.8 Å². The van der Waals surface area contributed by atoms with Crippen LogP contribution in [0.4, 0.5) is 0 Å². The molecule has 1 aromatic carbocycles. The van der Waals surface area contributed by atoms with Gasteiger partial charge >= 0.3 is 5.69 Å². The lowest BCUT2D eigenvalue weighted by atomic mass is 10.3. The maximum Gasteiger partial charge on any atom is 0.343 e. The smallest absolute Gasteiger partial charge is 0.343 e. The Labute approximate surface area is 162 Å². The molecule has 2 aromatic rings. The second-order valence-corrected chi connectivity index (χ2v) is 6.65. The van der Waals surface area contributed by atoms with Crippen LogP contribution in [-0.4, -0.2) is 46.2 Å². The van der Waals surface area contributed by atoms with E-state index in [1.807, 2.05) is 31.2 Å². The molecular formula is C18H26N4O4S. The van der Waals surface area contributed by atoms with Crippen molar-refractivity contribution < 1.29 is 14.3 Å². The van der Waals surface area contributed by atoms with Crippen molar-refractivity contribution in [1.82, 2.24) is 20.1 Å². The van der Waals surface area contributed by atoms with Gasteiger partial charge in [0.2, 0.25) is 5.91 Å². The van der Waals surface area contributed by atoms with Crippen molar-refractivity contribution in [2.75, 3.05) is 25.5 Å². The molecule has 1 amide bonds. The number of hydrogen-bond donors (Lipinski definition) is 2. The summed E-state index contributed by atoms with van der Waals surface area (Å²) in [6, 6.07) is 7.34. The van der Waals surface area contributed by atoms with Crippen molar-refractivity contribution in [3.8, 4) is 11.5 Å². The van der Waals surface area contributed by atoms with E-state index in [2.05, 4.69) is 22.4 Å². The van der Waals surface area contributed by atoms with Gasteiger partial charge in [-0.1, -0.05) is 25.1 Å². The zero-order chi connectivity index (χ0) is 19.5. The fourth-order valence-corrected chi connectivity index (χ4v) is 3.07. The molecule has 9 heteroatoms. The van der Waals surface area contributed by atoms with E-state index in [1.165, 1.54) is 11.8 Å². The molecule has 8 nitrogen and oxygen atoms in total. The predicted octanol–water partition coefficient (Wildman–Crippen LogP) is 2.06. The summed E-state index contributed by atoms with van der Waals surface area (Å²) >= 11 is 1.24. The molecule has 0 bridgehead atoms. The van der Waals surface area contributed by atoms with Gasteiger partial charge in [0, 0.05) is 6.54 Å². The van der Waals surface area contributed by atoms with Crippen LogP contribution < -0.4 is 20.5 Å². The number of carbonyl (C=O) groups excluding carboxylic acids is 1. The molecule has 0 spiro atoms. The number of H-pyrrole nitrogens is 1. The van der Waals surface area contributed by atoms with Crippen molar-refractivity contribution in [2.24, 2.45) is 0 Å². The first-order valence-corrected chi connectivity index (χ1v) is 10.0. The van der Waals surface area contributed by atoms with E-state index < -0.39 is 0 Å². The Bertz CT molecular complexity index is 757. The van der Waals surface area contributed by atoms with Gasteiger partial charge in [-0.2, -0.15) is 0 Å². The van der Waals surface area contributed by atoms with Crippen molar-refractivity contribution >= 4 is 17.7 Å². The van der Waals surface area contributed by atoms with Crippen LogP contribution in [0.25, 0.3) is 0 Å². The Morgan fingerprint density at radius 3 is 2.59 bits per heavy atom. The van der Waals surface area contributed by atoms with Crippen LogP contribution in [0.1, 0.15) is 26.7 Å². The SMILES string of the molecule is CCCCn1c(SCC(=O)NCCOc2ccc(OCC)cc2)n[nH]c1=O. The maximum atomic E-state index is 11.9. The maximum absolute atomic E-state index is 11.9. The number of hydrogen-bond acceptors (Lipinski definition) is 6. The second kappa shape index (κ2) is 11.3. The molecule has 0 atom stereocenters. The van der Waals surface area contributed by atoms with Gasteiger partial charge in [-0.05, 0) is 37.6 Å². The first kappa shape index (κ1) is 20.9. The van der Waals surface area contributed by atoms with Gasteiger partial charge in [0.1, 0.15) is 18.1 Å². The molecule has 0 radical (unpaired) electrons. The normalized spacial score (nSPS) is 10.6. The zero-order valence-corrected chi connectivity index (χ0v) is 16.5. The molecule has 148 valence electrons. The Morgan fingerprint density at radius 1 is 1.22 bits per heavy atom. The average molecular weight is 394 g/mol. The highest BCUT2D eigenvalue weighted by Crippen LogP contribution is 2.17. The number of unbranched alkanes of at least 4 members (excludes halogenated alkanes) is 1.